The van der Waals surface area contributed by atoms with Crippen molar-refractivity contribution >= 4 is 12.2 Å². The molecule has 0 spiro atoms. The number of nitrogens with zero attached hydrogens (tertiary/aromatic N) is 1. The van der Waals surface area contributed by atoms with Crippen LogP contribution in [0.4, 0.5) is 9.59 Å². The summed E-state index contributed by atoms with van der Waals surface area (Å²) in [5.74, 6) is 0.691. The van der Waals surface area contributed by atoms with Crippen molar-refractivity contribution < 1.29 is 19.1 Å². The first-order valence-electron chi connectivity index (χ1n) is 9.15. The van der Waals surface area contributed by atoms with Crippen molar-refractivity contribution in [3.63, 3.8) is 0 Å². The molecule has 6 heteroatoms. The molecular weight excluding hydrogens is 332 g/mol. The predicted molar refractivity (Wildman–Crippen MR) is 97.6 cm³/mol. The van der Waals surface area contributed by atoms with E-state index in [0.29, 0.717) is 19.0 Å². The minimum Gasteiger partial charge on any atom is -0.445 e. The Morgan fingerprint density at radius 1 is 1.27 bits per heavy atom. The summed E-state index contributed by atoms with van der Waals surface area (Å²) in [5.41, 5.74) is 0.0180. The molecule has 2 amide bonds. The number of carbonyl (C=O) groups is 2. The smallest absolute Gasteiger partial charge is 0.410 e. The largest absolute Gasteiger partial charge is 0.445 e. The highest BCUT2D eigenvalue weighted by atomic mass is 16.6. The van der Waals surface area contributed by atoms with Crippen molar-refractivity contribution in [3.05, 3.63) is 35.9 Å². The Balaban J connectivity index is 1.58. The third-order valence-corrected chi connectivity index (χ3v) is 5.19. The van der Waals surface area contributed by atoms with E-state index in [1.807, 2.05) is 51.1 Å². The van der Waals surface area contributed by atoms with Gasteiger partial charge >= 0.3 is 12.2 Å². The van der Waals surface area contributed by atoms with Crippen molar-refractivity contribution in [2.75, 3.05) is 13.1 Å². The van der Waals surface area contributed by atoms with E-state index >= 15 is 0 Å². The molecule has 3 atom stereocenters. The number of hydrogen-bond donors (Lipinski definition) is 1. The molecular formula is C20H28N2O4. The summed E-state index contributed by atoms with van der Waals surface area (Å²) in [6.07, 6.45) is 0.0917. The lowest BCUT2D eigenvalue weighted by atomic mass is 9.62. The Kier molecular flexibility index (Phi) is 4.86. The number of alkyl carbamates (subject to hydrolysis) is 1. The molecule has 3 rings (SSSR count). The average Bonchev–Trinajstić information content (AvgIpc) is 2.84. The summed E-state index contributed by atoms with van der Waals surface area (Å²) in [5, 5.41) is 3.03. The second-order valence-electron chi connectivity index (χ2n) is 8.49. The highest BCUT2D eigenvalue weighted by Gasteiger charge is 2.59. The van der Waals surface area contributed by atoms with Crippen LogP contribution in [0.15, 0.2) is 30.3 Å². The van der Waals surface area contributed by atoms with Gasteiger partial charge in [-0.15, -0.1) is 0 Å². The fourth-order valence-corrected chi connectivity index (χ4v) is 4.07. The molecule has 6 nitrogen and oxygen atoms in total. The molecule has 0 bridgehead atoms. The van der Waals surface area contributed by atoms with Crippen molar-refractivity contribution in [3.8, 4) is 0 Å². The topological polar surface area (TPSA) is 67.9 Å². The van der Waals surface area contributed by atoms with Crippen LogP contribution in [0.5, 0.6) is 0 Å². The molecule has 1 heterocycles. The molecule has 26 heavy (non-hydrogen) atoms. The molecule has 1 aromatic rings. The third-order valence-electron chi connectivity index (χ3n) is 5.19. The maximum absolute atomic E-state index is 12.5. The normalized spacial score (nSPS) is 27.3. The van der Waals surface area contributed by atoms with Crippen molar-refractivity contribution in [2.24, 2.45) is 11.8 Å². The van der Waals surface area contributed by atoms with Gasteiger partial charge in [0.2, 0.25) is 0 Å². The zero-order chi connectivity index (χ0) is 18.9. The monoisotopic (exact) mass is 360 g/mol. The predicted octanol–water partition coefficient (Wildman–Crippen LogP) is 3.56. The second-order valence-corrected chi connectivity index (χ2v) is 8.49. The van der Waals surface area contributed by atoms with Gasteiger partial charge in [-0.1, -0.05) is 37.3 Å². The number of amides is 2. The van der Waals surface area contributed by atoms with Gasteiger partial charge in [0, 0.05) is 19.0 Å². The van der Waals surface area contributed by atoms with Crippen molar-refractivity contribution in [1.29, 1.82) is 0 Å². The highest BCUT2D eigenvalue weighted by Crippen LogP contribution is 2.49. The maximum atomic E-state index is 12.5. The van der Waals surface area contributed by atoms with Gasteiger partial charge < -0.3 is 19.7 Å². The van der Waals surface area contributed by atoms with E-state index in [1.54, 1.807) is 4.90 Å². The van der Waals surface area contributed by atoms with E-state index in [-0.39, 0.29) is 18.6 Å². The van der Waals surface area contributed by atoms with Crippen LogP contribution in [0.1, 0.15) is 39.7 Å². The van der Waals surface area contributed by atoms with E-state index in [4.69, 9.17) is 9.47 Å². The number of benzene rings is 1. The molecule has 1 aliphatic heterocycles. The Labute approximate surface area is 154 Å². The molecule has 1 aliphatic carbocycles. The molecule has 0 unspecified atom stereocenters. The van der Waals surface area contributed by atoms with Crippen LogP contribution in [-0.4, -0.2) is 41.3 Å². The molecule has 0 aromatic heterocycles. The Morgan fingerprint density at radius 2 is 1.96 bits per heavy atom. The number of ether oxygens (including phenoxy) is 2. The SMILES string of the molecule is C[C@@H]1C[C@@]2(NC(=O)OC(C)(C)C)CN(C(=O)OCc3ccccc3)C[C@@H]12. The number of carbonyl (C=O) groups excluding carboxylic acids is 2. The van der Waals surface area contributed by atoms with E-state index < -0.39 is 17.2 Å². The fourth-order valence-electron chi connectivity index (χ4n) is 4.07. The van der Waals surface area contributed by atoms with Gasteiger partial charge in [-0.2, -0.15) is 0 Å². The van der Waals surface area contributed by atoms with E-state index in [1.165, 1.54) is 0 Å². The zero-order valence-corrected chi connectivity index (χ0v) is 16.0. The summed E-state index contributed by atoms with van der Waals surface area (Å²) in [6, 6.07) is 9.61. The minimum atomic E-state index is -0.543. The lowest BCUT2D eigenvalue weighted by molar-refractivity contribution is 0.0172. The van der Waals surface area contributed by atoms with Crippen LogP contribution in [0, 0.1) is 11.8 Å². The summed E-state index contributed by atoms with van der Waals surface area (Å²) in [7, 11) is 0. The van der Waals surface area contributed by atoms with Gasteiger partial charge in [0.05, 0.1) is 5.54 Å². The van der Waals surface area contributed by atoms with E-state index in [2.05, 4.69) is 12.2 Å². The Hall–Kier alpha value is -2.24. The van der Waals surface area contributed by atoms with Crippen LogP contribution >= 0.6 is 0 Å². The number of nitrogens with one attached hydrogen (secondary N) is 1. The number of fused-ring (bicyclic) bond motifs is 1. The molecule has 1 saturated heterocycles. The van der Waals surface area contributed by atoms with Crippen LogP contribution in [0.25, 0.3) is 0 Å². The summed E-state index contributed by atoms with van der Waals surface area (Å²) in [4.78, 5) is 26.4. The van der Waals surface area contributed by atoms with E-state index in [9.17, 15) is 9.59 Å². The standard InChI is InChI=1S/C20H28N2O4/c1-14-10-20(21-17(23)26-19(2,3)4)13-22(11-16(14)20)18(24)25-12-15-8-6-5-7-9-15/h5-9,14,16H,10-13H2,1-4H3,(H,21,23)/t14-,16+,20-/m1/s1. The lowest BCUT2D eigenvalue weighted by Gasteiger charge is -2.49. The summed E-state index contributed by atoms with van der Waals surface area (Å²) >= 11 is 0. The van der Waals surface area contributed by atoms with Gasteiger partial charge in [-0.3, -0.25) is 0 Å². The molecule has 142 valence electrons. The Morgan fingerprint density at radius 3 is 2.58 bits per heavy atom. The van der Waals surface area contributed by atoms with E-state index in [0.717, 1.165) is 12.0 Å². The van der Waals surface area contributed by atoms with Gasteiger partial charge in [-0.05, 0) is 38.7 Å². The zero-order valence-electron chi connectivity index (χ0n) is 16.0. The van der Waals surface area contributed by atoms with Crippen LogP contribution in [0.2, 0.25) is 0 Å². The summed E-state index contributed by atoms with van der Waals surface area (Å²) < 4.78 is 10.8. The van der Waals surface area contributed by atoms with Crippen molar-refractivity contribution in [1.82, 2.24) is 10.2 Å². The van der Waals surface area contributed by atoms with Crippen LogP contribution in [-0.2, 0) is 16.1 Å². The van der Waals surface area contributed by atoms with Gasteiger partial charge in [0.1, 0.15) is 12.2 Å². The fraction of sp³-hybridized carbons (Fsp3) is 0.600. The first kappa shape index (κ1) is 18.5. The first-order valence-corrected chi connectivity index (χ1v) is 9.15. The molecule has 1 N–H and O–H groups in total. The lowest BCUT2D eigenvalue weighted by Crippen LogP contribution is -2.64. The van der Waals surface area contributed by atoms with Gasteiger partial charge in [0.15, 0.2) is 0 Å². The summed E-state index contributed by atoms with van der Waals surface area (Å²) in [6.45, 7) is 8.99. The minimum absolute atomic E-state index is 0.235. The van der Waals surface area contributed by atoms with Gasteiger partial charge in [-0.25, -0.2) is 9.59 Å². The number of rotatable bonds is 3. The molecule has 2 fully saturated rings. The van der Waals surface area contributed by atoms with Gasteiger partial charge in [0.25, 0.3) is 0 Å². The first-order chi connectivity index (χ1) is 12.2. The van der Waals surface area contributed by atoms with Crippen molar-refractivity contribution in [2.45, 2.75) is 51.9 Å². The number of hydrogen-bond acceptors (Lipinski definition) is 4. The highest BCUT2D eigenvalue weighted by molar-refractivity contribution is 5.71. The average molecular weight is 360 g/mol. The Bertz CT molecular complexity index is 670. The third kappa shape index (κ3) is 3.94. The maximum Gasteiger partial charge on any atom is 0.410 e. The number of likely N-dealkylation sites (tertiary alicyclic amines) is 1. The second kappa shape index (κ2) is 6.82. The molecule has 1 saturated carbocycles. The van der Waals surface area contributed by atoms with Crippen LogP contribution < -0.4 is 5.32 Å². The molecule has 1 aromatic carbocycles. The quantitative estimate of drug-likeness (QED) is 0.895. The molecule has 2 aliphatic rings. The molecule has 0 radical (unpaired) electrons. The van der Waals surface area contributed by atoms with Crippen LogP contribution in [0.3, 0.4) is 0 Å².